The fourth-order valence-corrected chi connectivity index (χ4v) is 10.5. The molecule has 0 heterocycles. The highest BCUT2D eigenvalue weighted by Gasteiger charge is 2.42. The smallest absolute Gasteiger partial charge is 0.381 e. The van der Waals surface area contributed by atoms with Gasteiger partial charge in [-0.15, -0.1) is 0 Å². The van der Waals surface area contributed by atoms with Crippen LogP contribution in [-0.4, -0.2) is 56.1 Å². The van der Waals surface area contributed by atoms with E-state index in [0.717, 1.165) is 19.3 Å². The van der Waals surface area contributed by atoms with Crippen molar-refractivity contribution in [2.75, 3.05) is 35.0 Å². The number of fused-ring (bicyclic) bond motifs is 7. The van der Waals surface area contributed by atoms with E-state index in [2.05, 4.69) is 116 Å². The molecule has 1 aliphatic carbocycles. The minimum Gasteiger partial charge on any atom is -0.381 e. The van der Waals surface area contributed by atoms with Crippen LogP contribution in [0.1, 0.15) is 33.1 Å². The van der Waals surface area contributed by atoms with Gasteiger partial charge in [-0.1, -0.05) is 43.3 Å². The van der Waals surface area contributed by atoms with Gasteiger partial charge in [0, 0.05) is 46.5 Å². The highest BCUT2D eigenvalue weighted by molar-refractivity contribution is 6.60. The van der Waals surface area contributed by atoms with E-state index in [-0.39, 0.29) is 17.6 Å². The van der Waals surface area contributed by atoms with Crippen molar-refractivity contribution in [1.82, 2.24) is 0 Å². The predicted molar refractivity (Wildman–Crippen MR) is 219 cm³/mol. The lowest BCUT2D eigenvalue weighted by atomic mass is 9.75. The SMILES string of the molecule is CCOC(CCC(OC)C1(C)C=c2cc3cc4cc5cc6cc7cc8ccccc8cc7cc6cc5cc4cc3cc2=CC1)C[Si](OC)(OC)OC. The second-order valence-electron chi connectivity index (χ2n) is 14.8. The zero-order chi connectivity index (χ0) is 36.0. The molecule has 0 aliphatic heterocycles. The van der Waals surface area contributed by atoms with E-state index in [4.69, 9.17) is 22.8 Å². The summed E-state index contributed by atoms with van der Waals surface area (Å²) in [6, 6.07) is 37.4. The molecule has 0 spiro atoms. The Morgan fingerprint density at radius 1 is 0.577 bits per heavy atom. The highest BCUT2D eigenvalue weighted by atomic mass is 28.4. The van der Waals surface area contributed by atoms with Crippen molar-refractivity contribution in [3.8, 4) is 0 Å². The molecule has 266 valence electrons. The molecule has 3 atom stereocenters. The monoisotopic (exact) mass is 708 g/mol. The van der Waals surface area contributed by atoms with Crippen LogP contribution >= 0.6 is 0 Å². The van der Waals surface area contributed by atoms with Gasteiger partial charge in [-0.2, -0.15) is 0 Å². The molecule has 0 bridgehead atoms. The first kappa shape index (κ1) is 34.9. The molecule has 0 fully saturated rings. The van der Waals surface area contributed by atoms with E-state index in [9.17, 15) is 0 Å². The largest absolute Gasteiger partial charge is 0.502 e. The highest BCUT2D eigenvalue weighted by Crippen LogP contribution is 2.37. The summed E-state index contributed by atoms with van der Waals surface area (Å²) in [7, 11) is 4.03. The maximum absolute atomic E-state index is 6.22. The molecule has 8 rings (SSSR count). The maximum atomic E-state index is 6.22. The molecule has 0 N–H and O–H groups in total. The van der Waals surface area contributed by atoms with Crippen LogP contribution < -0.4 is 10.4 Å². The fourth-order valence-electron chi connectivity index (χ4n) is 8.62. The van der Waals surface area contributed by atoms with Crippen molar-refractivity contribution in [2.24, 2.45) is 5.41 Å². The number of benzene rings is 7. The Labute approximate surface area is 306 Å². The molecule has 1 aliphatic rings. The topological polar surface area (TPSA) is 46.2 Å². The minimum atomic E-state index is -2.78. The lowest BCUT2D eigenvalue weighted by Crippen LogP contribution is -2.46. The van der Waals surface area contributed by atoms with Crippen molar-refractivity contribution in [2.45, 2.75) is 51.4 Å². The zero-order valence-corrected chi connectivity index (χ0v) is 32.1. The Balaban J connectivity index is 1.12. The first-order valence-electron chi connectivity index (χ1n) is 18.5. The summed E-state index contributed by atoms with van der Waals surface area (Å²) >= 11 is 0. The molecule has 0 saturated carbocycles. The quantitative estimate of drug-likeness (QED) is 0.0935. The first-order valence-corrected chi connectivity index (χ1v) is 20.4. The van der Waals surface area contributed by atoms with Gasteiger partial charge in [-0.05, 0) is 174 Å². The number of rotatable bonds is 12. The summed E-state index contributed by atoms with van der Waals surface area (Å²) in [6.07, 6.45) is 7.40. The number of ether oxygens (including phenoxy) is 2. The molecule has 0 radical (unpaired) electrons. The molecule has 7 aromatic carbocycles. The van der Waals surface area contributed by atoms with Gasteiger partial charge in [-0.3, -0.25) is 0 Å². The van der Waals surface area contributed by atoms with Gasteiger partial charge < -0.3 is 22.8 Å². The normalized spacial score (nSPS) is 17.5. The van der Waals surface area contributed by atoms with Crippen molar-refractivity contribution in [3.05, 3.63) is 107 Å². The number of methoxy groups -OCH3 is 1. The van der Waals surface area contributed by atoms with Gasteiger partial charge in [0.1, 0.15) is 0 Å². The van der Waals surface area contributed by atoms with Gasteiger partial charge >= 0.3 is 8.80 Å². The summed E-state index contributed by atoms with van der Waals surface area (Å²) in [6.45, 7) is 4.97. The molecule has 0 aromatic heterocycles. The van der Waals surface area contributed by atoms with Crippen LogP contribution in [0, 0.1) is 5.41 Å². The van der Waals surface area contributed by atoms with Crippen molar-refractivity contribution >= 4 is 85.6 Å². The number of hydrogen-bond donors (Lipinski definition) is 0. The van der Waals surface area contributed by atoms with Gasteiger partial charge in [0.2, 0.25) is 0 Å². The van der Waals surface area contributed by atoms with Crippen molar-refractivity contribution < 1.29 is 22.8 Å². The average molecular weight is 709 g/mol. The van der Waals surface area contributed by atoms with Crippen LogP contribution in [0.2, 0.25) is 6.04 Å². The summed E-state index contributed by atoms with van der Waals surface area (Å²) in [4.78, 5) is 0. The molecular weight excluding hydrogens is 661 g/mol. The third-order valence-corrected chi connectivity index (χ3v) is 14.4. The summed E-state index contributed by atoms with van der Waals surface area (Å²) in [5.74, 6) is 0. The molecule has 6 heteroatoms. The molecule has 5 nitrogen and oxygen atoms in total. The summed E-state index contributed by atoms with van der Waals surface area (Å²) < 4.78 is 29.5. The van der Waals surface area contributed by atoms with Crippen LogP contribution in [0.25, 0.3) is 76.8 Å². The van der Waals surface area contributed by atoms with Crippen molar-refractivity contribution in [1.29, 1.82) is 0 Å². The Kier molecular flexibility index (Phi) is 9.41. The van der Waals surface area contributed by atoms with E-state index < -0.39 is 8.80 Å². The average Bonchev–Trinajstić information content (AvgIpc) is 3.15. The Morgan fingerprint density at radius 3 is 1.42 bits per heavy atom. The van der Waals surface area contributed by atoms with Crippen molar-refractivity contribution in [3.63, 3.8) is 0 Å². The van der Waals surface area contributed by atoms with Crippen LogP contribution in [0.3, 0.4) is 0 Å². The zero-order valence-electron chi connectivity index (χ0n) is 31.1. The summed E-state index contributed by atoms with van der Waals surface area (Å²) in [5.41, 5.74) is -0.158. The lowest BCUT2D eigenvalue weighted by molar-refractivity contribution is -0.000898. The molecule has 0 saturated heterocycles. The van der Waals surface area contributed by atoms with E-state index in [1.54, 1.807) is 21.3 Å². The van der Waals surface area contributed by atoms with Gasteiger partial charge in [-0.25, -0.2) is 0 Å². The third-order valence-electron chi connectivity index (χ3n) is 11.6. The van der Waals surface area contributed by atoms with E-state index in [1.165, 1.54) is 75.1 Å². The van der Waals surface area contributed by atoms with Crippen LogP contribution in [0.4, 0.5) is 0 Å². The predicted octanol–water partition coefficient (Wildman–Crippen LogP) is 9.66. The first-order chi connectivity index (χ1) is 25.3. The molecule has 3 unspecified atom stereocenters. The third kappa shape index (κ3) is 6.42. The fraction of sp³-hybridized carbons (Fsp3) is 0.304. The molecule has 7 aromatic rings. The van der Waals surface area contributed by atoms with Gasteiger partial charge in [0.25, 0.3) is 0 Å². The second-order valence-corrected chi connectivity index (χ2v) is 17.8. The standard InChI is InChI=1S/C46H48O5Si/c1-7-51-44(29-52(48-4,49-5)50-6)12-13-45(47-3)46(2)15-14-32-18-35-21-38-24-39-22-36-19-33-16-30-10-8-9-11-31(30)17-34(33)20-37(36)23-40(39)25-41(38)26-42(35)27-43(32)28-46/h8-11,14,16-28,44-45H,7,12-13,15,29H2,1-6H3. The number of hydrogen-bond acceptors (Lipinski definition) is 5. The summed E-state index contributed by atoms with van der Waals surface area (Å²) in [5, 5.41) is 17.8. The maximum Gasteiger partial charge on any atom is 0.502 e. The second kappa shape index (κ2) is 14.0. The lowest BCUT2D eigenvalue weighted by Gasteiger charge is -2.36. The van der Waals surface area contributed by atoms with Crippen LogP contribution in [0.5, 0.6) is 0 Å². The Bertz CT molecular complexity index is 2590. The van der Waals surface area contributed by atoms with E-state index >= 15 is 0 Å². The molecular formula is C46H48O5Si. The van der Waals surface area contributed by atoms with Gasteiger partial charge in [0.05, 0.1) is 12.2 Å². The van der Waals surface area contributed by atoms with Gasteiger partial charge in [0.15, 0.2) is 0 Å². The molecule has 0 amide bonds. The van der Waals surface area contributed by atoms with Crippen LogP contribution in [-0.2, 0) is 22.8 Å². The Morgan fingerprint density at radius 2 is 1.00 bits per heavy atom. The Hall–Kier alpha value is -4.14. The molecule has 52 heavy (non-hydrogen) atoms. The van der Waals surface area contributed by atoms with E-state index in [1.807, 2.05) is 14.0 Å². The van der Waals surface area contributed by atoms with Crippen LogP contribution in [0.15, 0.2) is 97.1 Å². The van der Waals surface area contributed by atoms with E-state index in [0.29, 0.717) is 12.7 Å². The minimum absolute atomic E-state index is 0.0212.